The molecular weight excluding hydrogens is 380 g/mol. The Morgan fingerprint density at radius 2 is 2.00 bits per heavy atom. The number of amides is 1. The van der Waals surface area contributed by atoms with Crippen LogP contribution in [-0.4, -0.2) is 32.3 Å². The van der Waals surface area contributed by atoms with Crippen LogP contribution in [0.25, 0.3) is 10.8 Å². The standard InChI is InChI=1S/C23H20N4O3/c28-22-17-6-2-1-5-16(17)18(13-25-22)23(29)27-11-9-20-19(14-27)26-21(30-20)8-7-15-4-3-10-24-12-15/h1-6,10,12-13H,7-9,11,14H2,(H,25,28). The zero-order valence-electron chi connectivity index (χ0n) is 16.3. The molecule has 1 amide bonds. The number of pyridine rings is 2. The van der Waals surface area contributed by atoms with Crippen molar-refractivity contribution in [3.63, 3.8) is 0 Å². The zero-order chi connectivity index (χ0) is 20.5. The summed E-state index contributed by atoms with van der Waals surface area (Å²) in [5.41, 5.74) is 2.24. The quantitative estimate of drug-likeness (QED) is 0.569. The van der Waals surface area contributed by atoms with E-state index in [1.807, 2.05) is 24.4 Å². The number of aryl methyl sites for hydroxylation is 2. The number of hydrogen-bond acceptors (Lipinski definition) is 5. The van der Waals surface area contributed by atoms with Gasteiger partial charge in [0, 0.05) is 48.7 Å². The minimum absolute atomic E-state index is 0.118. The van der Waals surface area contributed by atoms with E-state index < -0.39 is 0 Å². The number of aromatic nitrogens is 3. The maximum atomic E-state index is 13.2. The number of hydrogen-bond donors (Lipinski definition) is 1. The summed E-state index contributed by atoms with van der Waals surface area (Å²) < 4.78 is 5.93. The molecule has 5 rings (SSSR count). The highest BCUT2D eigenvalue weighted by molar-refractivity contribution is 6.06. The third-order valence-corrected chi connectivity index (χ3v) is 5.45. The molecule has 1 aliphatic rings. The van der Waals surface area contributed by atoms with E-state index in [0.717, 1.165) is 23.4 Å². The average Bonchev–Trinajstić information content (AvgIpc) is 3.21. The van der Waals surface area contributed by atoms with Crippen LogP contribution in [0.3, 0.4) is 0 Å². The number of carbonyl (C=O) groups excluding carboxylic acids is 1. The van der Waals surface area contributed by atoms with Crippen molar-refractivity contribution in [2.45, 2.75) is 25.8 Å². The largest absolute Gasteiger partial charge is 0.445 e. The highest BCUT2D eigenvalue weighted by atomic mass is 16.4. The number of carbonyl (C=O) groups is 1. The molecule has 0 bridgehead atoms. The number of oxazole rings is 1. The second-order valence-corrected chi connectivity index (χ2v) is 7.39. The van der Waals surface area contributed by atoms with Gasteiger partial charge in [0.05, 0.1) is 12.1 Å². The summed E-state index contributed by atoms with van der Waals surface area (Å²) in [6.07, 6.45) is 7.23. The highest BCUT2D eigenvalue weighted by Gasteiger charge is 2.27. The number of H-pyrrole nitrogens is 1. The molecule has 1 N–H and O–H groups in total. The Morgan fingerprint density at radius 1 is 1.13 bits per heavy atom. The van der Waals surface area contributed by atoms with Gasteiger partial charge in [-0.3, -0.25) is 14.6 Å². The lowest BCUT2D eigenvalue weighted by atomic mass is 10.1. The number of rotatable bonds is 4. The molecular formula is C23H20N4O3. The lowest BCUT2D eigenvalue weighted by molar-refractivity contribution is 0.0729. The van der Waals surface area contributed by atoms with Crippen LogP contribution in [0.4, 0.5) is 0 Å². The number of aromatic amines is 1. The maximum absolute atomic E-state index is 13.2. The molecule has 4 aromatic rings. The van der Waals surface area contributed by atoms with Gasteiger partial charge in [-0.2, -0.15) is 0 Å². The first-order valence-electron chi connectivity index (χ1n) is 9.95. The molecule has 4 heterocycles. The van der Waals surface area contributed by atoms with Gasteiger partial charge in [-0.1, -0.05) is 24.3 Å². The molecule has 7 nitrogen and oxygen atoms in total. The number of fused-ring (bicyclic) bond motifs is 2. The molecule has 30 heavy (non-hydrogen) atoms. The second-order valence-electron chi connectivity index (χ2n) is 7.39. The minimum atomic E-state index is -0.196. The molecule has 0 atom stereocenters. The molecule has 0 fully saturated rings. The highest BCUT2D eigenvalue weighted by Crippen LogP contribution is 2.24. The van der Waals surface area contributed by atoms with E-state index in [9.17, 15) is 9.59 Å². The van der Waals surface area contributed by atoms with E-state index in [-0.39, 0.29) is 11.5 Å². The molecule has 0 spiro atoms. The van der Waals surface area contributed by atoms with Gasteiger partial charge in [0.15, 0.2) is 5.89 Å². The van der Waals surface area contributed by atoms with Crippen molar-refractivity contribution < 1.29 is 9.21 Å². The summed E-state index contributed by atoms with van der Waals surface area (Å²) in [6, 6.07) is 11.1. The molecule has 3 aromatic heterocycles. The lowest BCUT2D eigenvalue weighted by Gasteiger charge is -2.25. The zero-order valence-corrected chi connectivity index (χ0v) is 16.3. The first kappa shape index (κ1) is 18.3. The van der Waals surface area contributed by atoms with Crippen LogP contribution in [0.1, 0.15) is 33.3 Å². The van der Waals surface area contributed by atoms with E-state index in [0.29, 0.717) is 48.2 Å². The lowest BCUT2D eigenvalue weighted by Crippen LogP contribution is -2.36. The summed E-state index contributed by atoms with van der Waals surface area (Å²) >= 11 is 0. The summed E-state index contributed by atoms with van der Waals surface area (Å²) in [5.74, 6) is 1.42. The van der Waals surface area contributed by atoms with Crippen molar-refractivity contribution in [1.82, 2.24) is 19.9 Å². The Bertz CT molecular complexity index is 1280. The van der Waals surface area contributed by atoms with Gasteiger partial charge in [-0.15, -0.1) is 0 Å². The third-order valence-electron chi connectivity index (χ3n) is 5.45. The van der Waals surface area contributed by atoms with Gasteiger partial charge in [0.25, 0.3) is 11.5 Å². The van der Waals surface area contributed by atoms with Crippen LogP contribution in [0.2, 0.25) is 0 Å². The van der Waals surface area contributed by atoms with Crippen LogP contribution < -0.4 is 5.56 Å². The topological polar surface area (TPSA) is 92.1 Å². The van der Waals surface area contributed by atoms with Crippen molar-refractivity contribution in [3.8, 4) is 0 Å². The Morgan fingerprint density at radius 3 is 2.83 bits per heavy atom. The fourth-order valence-electron chi connectivity index (χ4n) is 3.89. The molecule has 0 saturated carbocycles. The monoisotopic (exact) mass is 400 g/mol. The predicted octanol–water partition coefficient (Wildman–Crippen LogP) is 2.89. The Hall–Kier alpha value is -3.74. The van der Waals surface area contributed by atoms with Gasteiger partial charge >= 0.3 is 0 Å². The first-order chi connectivity index (χ1) is 14.7. The molecule has 0 unspecified atom stereocenters. The fraction of sp³-hybridized carbons (Fsp3) is 0.217. The van der Waals surface area contributed by atoms with Gasteiger partial charge in [0.2, 0.25) is 0 Å². The maximum Gasteiger partial charge on any atom is 0.256 e. The normalized spacial score (nSPS) is 13.4. The molecule has 0 saturated heterocycles. The number of benzene rings is 1. The van der Waals surface area contributed by atoms with Gasteiger partial charge in [-0.25, -0.2) is 4.98 Å². The summed E-state index contributed by atoms with van der Waals surface area (Å²) in [4.78, 5) is 38.4. The average molecular weight is 400 g/mol. The molecule has 0 radical (unpaired) electrons. The van der Waals surface area contributed by atoms with Crippen molar-refractivity contribution in [3.05, 3.63) is 93.8 Å². The van der Waals surface area contributed by atoms with Crippen molar-refractivity contribution in [2.75, 3.05) is 6.54 Å². The fourth-order valence-corrected chi connectivity index (χ4v) is 3.89. The minimum Gasteiger partial charge on any atom is -0.445 e. The Balaban J connectivity index is 1.35. The van der Waals surface area contributed by atoms with Crippen LogP contribution in [0.5, 0.6) is 0 Å². The number of nitrogens with one attached hydrogen (secondary N) is 1. The summed E-state index contributed by atoms with van der Waals surface area (Å²) in [7, 11) is 0. The Labute approximate surface area is 172 Å². The Kier molecular flexibility index (Phi) is 4.63. The molecule has 1 aliphatic heterocycles. The SMILES string of the molecule is O=C(c1c[nH]c(=O)c2ccccc12)N1CCc2oc(CCc3cccnc3)nc2C1. The van der Waals surface area contributed by atoms with Crippen LogP contribution in [0, 0.1) is 0 Å². The van der Waals surface area contributed by atoms with E-state index in [4.69, 9.17) is 4.42 Å². The van der Waals surface area contributed by atoms with E-state index >= 15 is 0 Å². The van der Waals surface area contributed by atoms with E-state index in [1.54, 1.807) is 29.3 Å². The van der Waals surface area contributed by atoms with Crippen molar-refractivity contribution in [2.24, 2.45) is 0 Å². The molecule has 1 aromatic carbocycles. The smallest absolute Gasteiger partial charge is 0.256 e. The van der Waals surface area contributed by atoms with Gasteiger partial charge < -0.3 is 14.3 Å². The van der Waals surface area contributed by atoms with Crippen molar-refractivity contribution >= 4 is 16.7 Å². The third kappa shape index (κ3) is 3.39. The number of nitrogens with zero attached hydrogens (tertiary/aromatic N) is 3. The molecule has 150 valence electrons. The van der Waals surface area contributed by atoms with Gasteiger partial charge in [0.1, 0.15) is 11.5 Å². The second kappa shape index (κ2) is 7.59. The predicted molar refractivity (Wildman–Crippen MR) is 111 cm³/mol. The molecule has 7 heteroatoms. The van der Waals surface area contributed by atoms with Crippen LogP contribution in [0.15, 0.2) is 64.2 Å². The van der Waals surface area contributed by atoms with E-state index in [1.165, 1.54) is 6.20 Å². The first-order valence-corrected chi connectivity index (χ1v) is 9.95. The summed E-state index contributed by atoms with van der Waals surface area (Å²) in [5, 5.41) is 1.18. The van der Waals surface area contributed by atoms with Crippen molar-refractivity contribution in [1.29, 1.82) is 0 Å². The van der Waals surface area contributed by atoms with E-state index in [2.05, 4.69) is 15.0 Å². The summed E-state index contributed by atoms with van der Waals surface area (Å²) in [6.45, 7) is 0.953. The van der Waals surface area contributed by atoms with Gasteiger partial charge in [-0.05, 0) is 24.1 Å². The molecule has 0 aliphatic carbocycles. The van der Waals surface area contributed by atoms with Crippen LogP contribution in [-0.2, 0) is 25.8 Å². The van der Waals surface area contributed by atoms with Crippen LogP contribution >= 0.6 is 0 Å².